The second-order valence-electron chi connectivity index (χ2n) is 8.47. The number of fused-ring (bicyclic) bond motifs is 1. The summed E-state index contributed by atoms with van der Waals surface area (Å²) in [5.41, 5.74) is 1.66. The van der Waals surface area contributed by atoms with Gasteiger partial charge in [-0.05, 0) is 41.8 Å². The molecule has 10 heteroatoms. The van der Waals surface area contributed by atoms with Gasteiger partial charge in [0, 0.05) is 27.1 Å². The summed E-state index contributed by atoms with van der Waals surface area (Å²) >= 11 is 0. The van der Waals surface area contributed by atoms with Crippen LogP contribution in [0.2, 0.25) is 0 Å². The average molecular weight is 492 g/mol. The van der Waals surface area contributed by atoms with Crippen LogP contribution in [-0.2, 0) is 25.4 Å². The summed E-state index contributed by atoms with van der Waals surface area (Å²) in [6.07, 6.45) is 2.26. The van der Waals surface area contributed by atoms with Crippen LogP contribution in [0.3, 0.4) is 0 Å². The van der Waals surface area contributed by atoms with Gasteiger partial charge in [-0.15, -0.1) is 0 Å². The highest BCUT2D eigenvalue weighted by atomic mass is 16.5. The molecule has 0 atom stereocenters. The number of carbonyl (C=O) groups excluding carboxylic acids is 1. The normalized spacial score (nSPS) is 11.1. The number of aromatic nitrogens is 4. The Morgan fingerprint density at radius 1 is 0.917 bits per heavy atom. The third-order valence-electron chi connectivity index (χ3n) is 6.22. The minimum atomic E-state index is -0.430. The van der Waals surface area contributed by atoms with Crippen molar-refractivity contribution in [2.75, 3.05) is 14.2 Å². The zero-order valence-electron chi connectivity index (χ0n) is 20.7. The molecule has 0 aliphatic heterocycles. The molecule has 0 radical (unpaired) electrons. The highest BCUT2D eigenvalue weighted by Gasteiger charge is 2.18. The number of nitrogens with one attached hydrogen (secondary N) is 1. The number of aryl methyl sites for hydroxylation is 2. The summed E-state index contributed by atoms with van der Waals surface area (Å²) < 4.78 is 14.6. The van der Waals surface area contributed by atoms with Crippen LogP contribution in [0.1, 0.15) is 30.0 Å². The number of amides is 1. The predicted octanol–water partition coefficient (Wildman–Crippen LogP) is 2.14. The minimum Gasteiger partial charge on any atom is -0.497 e. The Balaban J connectivity index is 1.49. The highest BCUT2D eigenvalue weighted by Crippen LogP contribution is 2.26. The van der Waals surface area contributed by atoms with E-state index in [9.17, 15) is 14.4 Å². The van der Waals surface area contributed by atoms with Gasteiger partial charge in [0.1, 0.15) is 11.5 Å². The molecule has 0 fully saturated rings. The molecule has 188 valence electrons. The fraction of sp³-hybridized carbons (Fsp3) is 0.308. The number of hydrogen-bond donors (Lipinski definition) is 1. The van der Waals surface area contributed by atoms with E-state index in [1.165, 1.54) is 17.9 Å². The first kappa shape index (κ1) is 24.8. The Morgan fingerprint density at radius 2 is 1.47 bits per heavy atom. The van der Waals surface area contributed by atoms with Crippen molar-refractivity contribution in [3.63, 3.8) is 0 Å². The quantitative estimate of drug-likeness (QED) is 0.384. The van der Waals surface area contributed by atoms with Crippen molar-refractivity contribution < 1.29 is 14.3 Å². The maximum atomic E-state index is 13.0. The van der Waals surface area contributed by atoms with Crippen LogP contribution in [0.5, 0.6) is 11.5 Å². The van der Waals surface area contributed by atoms with Gasteiger partial charge in [-0.3, -0.25) is 18.7 Å². The predicted molar refractivity (Wildman–Crippen MR) is 135 cm³/mol. The van der Waals surface area contributed by atoms with Crippen LogP contribution in [0.15, 0.2) is 64.4 Å². The van der Waals surface area contributed by atoms with Gasteiger partial charge in [0.2, 0.25) is 5.91 Å². The van der Waals surface area contributed by atoms with Gasteiger partial charge in [-0.1, -0.05) is 24.3 Å². The zero-order chi connectivity index (χ0) is 25.8. The summed E-state index contributed by atoms with van der Waals surface area (Å²) in [5.74, 6) is 1.33. The molecule has 1 amide bonds. The third-order valence-corrected chi connectivity index (χ3v) is 6.22. The first-order chi connectivity index (χ1) is 17.3. The molecular formula is C26H29N5O5. The van der Waals surface area contributed by atoms with E-state index in [-0.39, 0.29) is 18.4 Å². The zero-order valence-corrected chi connectivity index (χ0v) is 20.7. The van der Waals surface area contributed by atoms with E-state index < -0.39 is 11.2 Å². The van der Waals surface area contributed by atoms with Gasteiger partial charge in [0.15, 0.2) is 11.2 Å². The Labute approximate surface area is 207 Å². The fourth-order valence-electron chi connectivity index (χ4n) is 4.16. The van der Waals surface area contributed by atoms with E-state index in [4.69, 9.17) is 9.47 Å². The topological polar surface area (TPSA) is 109 Å². The second kappa shape index (κ2) is 10.5. The van der Waals surface area contributed by atoms with Crippen LogP contribution in [-0.4, -0.2) is 38.8 Å². The number of benzene rings is 2. The summed E-state index contributed by atoms with van der Waals surface area (Å²) in [6.45, 7) is 0.410. The lowest BCUT2D eigenvalue weighted by atomic mass is 9.98. The third kappa shape index (κ3) is 4.88. The monoisotopic (exact) mass is 491 g/mol. The lowest BCUT2D eigenvalue weighted by molar-refractivity contribution is -0.121. The first-order valence-electron chi connectivity index (χ1n) is 11.5. The lowest BCUT2D eigenvalue weighted by Crippen LogP contribution is -2.37. The molecule has 0 spiro atoms. The van der Waals surface area contributed by atoms with Crippen molar-refractivity contribution in [3.8, 4) is 11.5 Å². The highest BCUT2D eigenvalue weighted by molar-refractivity contribution is 5.77. The van der Waals surface area contributed by atoms with Crippen molar-refractivity contribution in [1.82, 2.24) is 24.0 Å². The summed E-state index contributed by atoms with van der Waals surface area (Å²) in [5, 5.41) is 3.12. The number of ether oxygens (including phenoxy) is 2. The minimum absolute atomic E-state index is 0.128. The van der Waals surface area contributed by atoms with E-state index in [0.29, 0.717) is 24.1 Å². The van der Waals surface area contributed by atoms with E-state index in [1.807, 2.05) is 48.5 Å². The molecule has 0 saturated carbocycles. The fourth-order valence-corrected chi connectivity index (χ4v) is 4.16. The van der Waals surface area contributed by atoms with E-state index in [2.05, 4.69) is 10.3 Å². The van der Waals surface area contributed by atoms with Crippen molar-refractivity contribution in [3.05, 3.63) is 86.8 Å². The standard InChI is InChI=1S/C26H29N5O5/c1-29-24-23(25(33)30(2)26(29)34)31(16-27-24)15-5-6-21(32)28-22(17-7-11-19(35-3)12-8-17)18-9-13-20(36-4)14-10-18/h7-14,16,22H,5-6,15H2,1-4H3,(H,28,32). The van der Waals surface area contributed by atoms with Crippen molar-refractivity contribution in [1.29, 1.82) is 0 Å². The van der Waals surface area contributed by atoms with Gasteiger partial charge in [0.05, 0.1) is 26.6 Å². The Morgan fingerprint density at radius 3 is 2.00 bits per heavy atom. The molecule has 0 aliphatic rings. The molecule has 0 bridgehead atoms. The van der Waals surface area contributed by atoms with Gasteiger partial charge >= 0.3 is 5.69 Å². The maximum Gasteiger partial charge on any atom is 0.332 e. The molecule has 4 aromatic rings. The van der Waals surface area contributed by atoms with Gasteiger partial charge in [0.25, 0.3) is 5.56 Å². The SMILES string of the molecule is COc1ccc(C(NC(=O)CCCn2cnc3c2c(=O)n(C)c(=O)n3C)c2ccc(OC)cc2)cc1. The van der Waals surface area contributed by atoms with Crippen molar-refractivity contribution in [2.45, 2.75) is 25.4 Å². The summed E-state index contributed by atoms with van der Waals surface area (Å²) in [7, 11) is 6.23. The van der Waals surface area contributed by atoms with Crippen LogP contribution < -0.4 is 26.0 Å². The molecule has 0 unspecified atom stereocenters. The lowest BCUT2D eigenvalue weighted by Gasteiger charge is -2.20. The molecule has 0 saturated heterocycles. The number of nitrogens with zero attached hydrogens (tertiary/aromatic N) is 4. The number of imidazole rings is 1. The number of hydrogen-bond acceptors (Lipinski definition) is 6. The second-order valence-corrected chi connectivity index (χ2v) is 8.47. The van der Waals surface area contributed by atoms with E-state index in [0.717, 1.165) is 27.2 Å². The van der Waals surface area contributed by atoms with Gasteiger partial charge < -0.3 is 19.4 Å². The Bertz CT molecular complexity index is 1440. The Hall–Kier alpha value is -4.34. The number of carbonyl (C=O) groups is 1. The van der Waals surface area contributed by atoms with Crippen LogP contribution in [0.25, 0.3) is 11.2 Å². The van der Waals surface area contributed by atoms with E-state index >= 15 is 0 Å². The molecular weight excluding hydrogens is 462 g/mol. The summed E-state index contributed by atoms with van der Waals surface area (Å²) in [4.78, 5) is 41.9. The average Bonchev–Trinajstić information content (AvgIpc) is 3.33. The molecule has 2 heterocycles. The molecule has 4 rings (SSSR count). The van der Waals surface area contributed by atoms with Gasteiger partial charge in [-0.25, -0.2) is 9.78 Å². The van der Waals surface area contributed by atoms with Crippen molar-refractivity contribution >= 4 is 17.1 Å². The van der Waals surface area contributed by atoms with E-state index in [1.54, 1.807) is 25.8 Å². The van der Waals surface area contributed by atoms with Gasteiger partial charge in [-0.2, -0.15) is 0 Å². The molecule has 36 heavy (non-hydrogen) atoms. The maximum absolute atomic E-state index is 13.0. The largest absolute Gasteiger partial charge is 0.497 e. The molecule has 2 aromatic heterocycles. The number of rotatable bonds is 9. The molecule has 10 nitrogen and oxygen atoms in total. The van der Waals surface area contributed by atoms with Crippen LogP contribution in [0, 0.1) is 0 Å². The van der Waals surface area contributed by atoms with Crippen molar-refractivity contribution in [2.24, 2.45) is 14.1 Å². The molecule has 1 N–H and O–H groups in total. The van der Waals surface area contributed by atoms with Crippen LogP contribution in [0.4, 0.5) is 0 Å². The molecule has 0 aliphatic carbocycles. The molecule has 2 aromatic carbocycles. The number of methoxy groups -OCH3 is 2. The Kier molecular flexibility index (Phi) is 7.23. The summed E-state index contributed by atoms with van der Waals surface area (Å²) in [6, 6.07) is 14.8. The van der Waals surface area contributed by atoms with Crippen LogP contribution >= 0.6 is 0 Å². The first-order valence-corrected chi connectivity index (χ1v) is 11.5. The smallest absolute Gasteiger partial charge is 0.332 e.